The summed E-state index contributed by atoms with van der Waals surface area (Å²) >= 11 is 0. The van der Waals surface area contributed by atoms with Gasteiger partial charge in [0.2, 0.25) is 0 Å². The van der Waals surface area contributed by atoms with Crippen LogP contribution in [0.25, 0.3) is 0 Å². The molecule has 1 N–H and O–H groups in total. The van der Waals surface area contributed by atoms with Gasteiger partial charge in [-0.05, 0) is 19.6 Å². The van der Waals surface area contributed by atoms with Gasteiger partial charge in [0.05, 0.1) is 0 Å². The van der Waals surface area contributed by atoms with Crippen LogP contribution in [0.4, 0.5) is 0 Å². The molecule has 0 saturated carbocycles. The van der Waals surface area contributed by atoms with E-state index in [1.807, 2.05) is 0 Å². The van der Waals surface area contributed by atoms with Crippen LogP contribution >= 0.6 is 8.73 Å². The second-order valence-electron chi connectivity index (χ2n) is 2.14. The van der Waals surface area contributed by atoms with Crippen molar-refractivity contribution in [1.82, 2.24) is 5.09 Å². The lowest BCUT2D eigenvalue weighted by molar-refractivity contribution is 1.01. The third kappa shape index (κ3) is 0.868. The fourth-order valence-electron chi connectivity index (χ4n) is 1.03. The van der Waals surface area contributed by atoms with Gasteiger partial charge in [0.15, 0.2) is 0 Å². The van der Waals surface area contributed by atoms with E-state index in [2.05, 4.69) is 29.4 Å². The van der Waals surface area contributed by atoms with Gasteiger partial charge in [-0.25, -0.2) is 0 Å². The summed E-state index contributed by atoms with van der Waals surface area (Å²) in [4.78, 5) is 0. The van der Waals surface area contributed by atoms with Crippen LogP contribution in [0.2, 0.25) is 0 Å². The van der Waals surface area contributed by atoms with E-state index in [1.165, 1.54) is 10.9 Å². The summed E-state index contributed by atoms with van der Waals surface area (Å²) in [7, 11) is 0.830. The minimum atomic E-state index is 0.830. The van der Waals surface area contributed by atoms with Crippen LogP contribution in [-0.2, 0) is 6.54 Å². The average Bonchev–Trinajstić information content (AvgIpc) is 2.33. The first-order chi connectivity index (χ1) is 4.47. The fourth-order valence-corrected chi connectivity index (χ4v) is 2.01. The SMILES string of the molecule is c1ccc2c(c1)CNP2. The Morgan fingerprint density at radius 1 is 1.33 bits per heavy atom. The van der Waals surface area contributed by atoms with E-state index in [0.717, 1.165) is 15.3 Å². The van der Waals surface area contributed by atoms with E-state index in [0.29, 0.717) is 0 Å². The topological polar surface area (TPSA) is 12.0 Å². The van der Waals surface area contributed by atoms with E-state index in [9.17, 15) is 0 Å². The van der Waals surface area contributed by atoms with Gasteiger partial charge in [0.1, 0.15) is 0 Å². The van der Waals surface area contributed by atoms with Gasteiger partial charge in [0, 0.05) is 6.54 Å². The highest BCUT2D eigenvalue weighted by atomic mass is 31.1. The molecule has 0 radical (unpaired) electrons. The predicted octanol–water partition coefficient (Wildman–Crippen LogP) is 1.01. The molecule has 1 aromatic carbocycles. The Bertz CT molecular complexity index is 199. The van der Waals surface area contributed by atoms with E-state index in [4.69, 9.17) is 0 Å². The standard InChI is InChI=1S/C7H8NP/c1-2-4-7-6(3-1)5-8-9-7/h1-4,8-9H,5H2. The van der Waals surface area contributed by atoms with Crippen LogP contribution in [0.15, 0.2) is 24.3 Å². The van der Waals surface area contributed by atoms with E-state index < -0.39 is 0 Å². The third-order valence-electron chi connectivity index (χ3n) is 1.52. The Morgan fingerprint density at radius 2 is 2.22 bits per heavy atom. The number of nitrogens with one attached hydrogen (secondary N) is 1. The van der Waals surface area contributed by atoms with Crippen LogP contribution in [0.3, 0.4) is 0 Å². The molecular weight excluding hydrogens is 129 g/mol. The Balaban J connectivity index is 2.54. The van der Waals surface area contributed by atoms with E-state index in [-0.39, 0.29) is 0 Å². The lowest BCUT2D eigenvalue weighted by Crippen LogP contribution is -1.93. The minimum Gasteiger partial charge on any atom is -0.290 e. The quantitative estimate of drug-likeness (QED) is 0.526. The summed E-state index contributed by atoms with van der Waals surface area (Å²) in [5.41, 5.74) is 1.47. The lowest BCUT2D eigenvalue weighted by atomic mass is 10.2. The molecule has 0 saturated heterocycles. The molecule has 2 rings (SSSR count). The summed E-state index contributed by atoms with van der Waals surface area (Å²) in [5, 5.41) is 4.80. The molecule has 2 heteroatoms. The summed E-state index contributed by atoms with van der Waals surface area (Å²) in [6.07, 6.45) is 0. The molecule has 9 heavy (non-hydrogen) atoms. The molecule has 1 atom stereocenters. The largest absolute Gasteiger partial charge is 0.290 e. The third-order valence-corrected chi connectivity index (χ3v) is 2.63. The average molecular weight is 137 g/mol. The molecular formula is C7H8NP. The van der Waals surface area contributed by atoms with Crippen LogP contribution in [0, 0.1) is 0 Å². The van der Waals surface area contributed by atoms with Crippen LogP contribution in [-0.4, -0.2) is 0 Å². The second kappa shape index (κ2) is 2.09. The van der Waals surface area contributed by atoms with Crippen molar-refractivity contribution in [3.05, 3.63) is 29.8 Å². The van der Waals surface area contributed by atoms with Gasteiger partial charge in [-0.1, -0.05) is 24.3 Å². The first-order valence-corrected chi connectivity index (χ1v) is 4.03. The highest BCUT2D eigenvalue weighted by Crippen LogP contribution is 2.16. The molecule has 46 valence electrons. The minimum absolute atomic E-state index is 0.830. The number of fused-ring (bicyclic) bond motifs is 1. The molecule has 0 aliphatic carbocycles. The maximum atomic E-state index is 3.32. The Kier molecular flexibility index (Phi) is 1.25. The molecule has 1 unspecified atom stereocenters. The summed E-state index contributed by atoms with van der Waals surface area (Å²) < 4.78 is 0. The molecule has 1 nitrogen and oxygen atoms in total. The van der Waals surface area contributed by atoms with Crippen LogP contribution in [0.5, 0.6) is 0 Å². The van der Waals surface area contributed by atoms with Crippen molar-refractivity contribution in [3.8, 4) is 0 Å². The molecule has 0 bridgehead atoms. The monoisotopic (exact) mass is 137 g/mol. The van der Waals surface area contributed by atoms with E-state index in [1.54, 1.807) is 0 Å². The van der Waals surface area contributed by atoms with Crippen LogP contribution < -0.4 is 10.4 Å². The summed E-state index contributed by atoms with van der Waals surface area (Å²) in [5.74, 6) is 0. The number of rotatable bonds is 0. The first-order valence-electron chi connectivity index (χ1n) is 3.03. The van der Waals surface area contributed by atoms with Crippen molar-refractivity contribution in [2.75, 3.05) is 0 Å². The highest BCUT2D eigenvalue weighted by molar-refractivity contribution is 7.45. The Labute approximate surface area is 56.3 Å². The molecule has 1 heterocycles. The predicted molar refractivity (Wildman–Crippen MR) is 41.2 cm³/mol. The molecule has 0 fully saturated rings. The van der Waals surface area contributed by atoms with Crippen molar-refractivity contribution >= 4 is 14.0 Å². The maximum absolute atomic E-state index is 3.32. The second-order valence-corrected chi connectivity index (χ2v) is 3.28. The zero-order valence-corrected chi connectivity index (χ0v) is 6.02. The van der Waals surface area contributed by atoms with Crippen molar-refractivity contribution < 1.29 is 0 Å². The van der Waals surface area contributed by atoms with Gasteiger partial charge >= 0.3 is 0 Å². The van der Waals surface area contributed by atoms with Crippen molar-refractivity contribution in [2.45, 2.75) is 6.54 Å². The summed E-state index contributed by atoms with van der Waals surface area (Å²) in [6, 6.07) is 8.56. The van der Waals surface area contributed by atoms with Gasteiger partial charge in [-0.2, -0.15) is 0 Å². The lowest BCUT2D eigenvalue weighted by Gasteiger charge is -1.91. The molecule has 1 aliphatic rings. The zero-order chi connectivity index (χ0) is 6.10. The Morgan fingerprint density at radius 3 is 3.11 bits per heavy atom. The Hall–Kier alpha value is -0.390. The van der Waals surface area contributed by atoms with Gasteiger partial charge in [-0.3, -0.25) is 5.09 Å². The number of hydrogen-bond acceptors (Lipinski definition) is 1. The van der Waals surface area contributed by atoms with Gasteiger partial charge < -0.3 is 0 Å². The molecule has 1 aliphatic heterocycles. The summed E-state index contributed by atoms with van der Waals surface area (Å²) in [6.45, 7) is 1.06. The first kappa shape index (κ1) is 5.40. The normalized spacial score (nSPS) is 18.2. The van der Waals surface area contributed by atoms with Gasteiger partial charge in [-0.15, -0.1) is 0 Å². The highest BCUT2D eigenvalue weighted by Gasteiger charge is 2.06. The maximum Gasteiger partial charge on any atom is 0.0249 e. The van der Waals surface area contributed by atoms with Crippen molar-refractivity contribution in [2.24, 2.45) is 0 Å². The smallest absolute Gasteiger partial charge is 0.0249 e. The number of hydrogen-bond donors (Lipinski definition) is 1. The fraction of sp³-hybridized carbons (Fsp3) is 0.143. The molecule has 0 spiro atoms. The van der Waals surface area contributed by atoms with Crippen LogP contribution in [0.1, 0.15) is 5.56 Å². The molecule has 1 aromatic rings. The van der Waals surface area contributed by atoms with Crippen molar-refractivity contribution in [1.29, 1.82) is 0 Å². The van der Waals surface area contributed by atoms with Gasteiger partial charge in [0.25, 0.3) is 0 Å². The van der Waals surface area contributed by atoms with E-state index >= 15 is 0 Å². The molecule has 0 aromatic heterocycles. The molecule has 0 amide bonds. The number of benzene rings is 1. The van der Waals surface area contributed by atoms with Crippen molar-refractivity contribution in [3.63, 3.8) is 0 Å². The zero-order valence-electron chi connectivity index (χ0n) is 5.02.